The van der Waals surface area contributed by atoms with E-state index < -0.39 is 36.7 Å². The number of rotatable bonds is 4. The van der Waals surface area contributed by atoms with Gasteiger partial charge in [0.1, 0.15) is 30.1 Å². The van der Waals surface area contributed by atoms with Gasteiger partial charge < -0.3 is 25.1 Å². The van der Waals surface area contributed by atoms with Crippen LogP contribution in [0.2, 0.25) is 0 Å². The molecular formula is C16H18N2O6. The maximum Gasteiger partial charge on any atom is 0.336 e. The summed E-state index contributed by atoms with van der Waals surface area (Å²) >= 11 is 0. The molecule has 2 aromatic rings. The summed E-state index contributed by atoms with van der Waals surface area (Å²) in [5.74, 6) is 0. The van der Waals surface area contributed by atoms with Crippen molar-refractivity contribution >= 4 is 22.7 Å². The van der Waals surface area contributed by atoms with E-state index in [4.69, 9.17) is 14.4 Å². The van der Waals surface area contributed by atoms with Crippen molar-refractivity contribution in [3.05, 3.63) is 46.8 Å². The van der Waals surface area contributed by atoms with Crippen molar-refractivity contribution in [3.8, 4) is 0 Å². The molecule has 0 bridgehead atoms. The van der Waals surface area contributed by atoms with Crippen LogP contribution in [0, 0.1) is 0 Å². The first kappa shape index (κ1) is 16.6. The van der Waals surface area contributed by atoms with Gasteiger partial charge in [-0.05, 0) is 17.7 Å². The second kappa shape index (κ2) is 6.71. The predicted molar refractivity (Wildman–Crippen MR) is 87.1 cm³/mol. The number of aliphatic hydroxyl groups is 3. The largest absolute Gasteiger partial charge is 0.423 e. The Morgan fingerprint density at radius 3 is 2.79 bits per heavy atom. The Morgan fingerprint density at radius 2 is 2.08 bits per heavy atom. The highest BCUT2D eigenvalue weighted by atomic mass is 16.7. The van der Waals surface area contributed by atoms with Gasteiger partial charge in [-0.15, -0.1) is 0 Å². The highest BCUT2D eigenvalue weighted by Crippen LogP contribution is 2.23. The number of aliphatic hydroxyl groups excluding tert-OH is 3. The summed E-state index contributed by atoms with van der Waals surface area (Å²) in [6, 6.07) is 6.44. The van der Waals surface area contributed by atoms with E-state index in [0.29, 0.717) is 16.8 Å². The van der Waals surface area contributed by atoms with Gasteiger partial charge in [0.15, 0.2) is 0 Å². The Hall–Kier alpha value is -2.23. The molecule has 4 atom stereocenters. The van der Waals surface area contributed by atoms with Crippen LogP contribution in [0.4, 0.5) is 5.69 Å². The molecule has 1 fully saturated rings. The minimum absolute atomic E-state index is 0.363. The Morgan fingerprint density at radius 1 is 1.29 bits per heavy atom. The van der Waals surface area contributed by atoms with Crippen molar-refractivity contribution in [1.82, 2.24) is 5.48 Å². The average molecular weight is 334 g/mol. The minimum atomic E-state index is -1.25. The molecular weight excluding hydrogens is 316 g/mol. The van der Waals surface area contributed by atoms with E-state index >= 15 is 0 Å². The first-order valence-corrected chi connectivity index (χ1v) is 7.38. The van der Waals surface area contributed by atoms with Crippen LogP contribution in [0.15, 0.2) is 40.1 Å². The summed E-state index contributed by atoms with van der Waals surface area (Å²) in [4.78, 5) is 16.6. The molecule has 1 aromatic carbocycles. The fraction of sp³-hybridized carbons (Fsp3) is 0.312. The first-order chi connectivity index (χ1) is 11.5. The molecule has 1 aliphatic heterocycles. The van der Waals surface area contributed by atoms with E-state index in [2.05, 4.69) is 17.4 Å². The Balaban J connectivity index is 1.86. The fourth-order valence-corrected chi connectivity index (χ4v) is 2.60. The minimum Gasteiger partial charge on any atom is -0.423 e. The van der Waals surface area contributed by atoms with Gasteiger partial charge in [0.05, 0.1) is 6.61 Å². The third-order valence-corrected chi connectivity index (χ3v) is 3.92. The number of anilines is 1. The third kappa shape index (κ3) is 3.05. The van der Waals surface area contributed by atoms with Gasteiger partial charge in [0.2, 0.25) is 0 Å². The summed E-state index contributed by atoms with van der Waals surface area (Å²) in [5.41, 5.74) is 3.62. The second-order valence-corrected chi connectivity index (χ2v) is 5.50. The second-order valence-electron chi connectivity index (χ2n) is 5.50. The molecule has 3 unspecified atom stereocenters. The van der Waals surface area contributed by atoms with Crippen LogP contribution >= 0.6 is 0 Å². The van der Waals surface area contributed by atoms with Gasteiger partial charge in [-0.25, -0.2) is 4.79 Å². The summed E-state index contributed by atoms with van der Waals surface area (Å²) in [7, 11) is 0. The van der Waals surface area contributed by atoms with Crippen LogP contribution in [-0.2, 0) is 4.84 Å². The quantitative estimate of drug-likeness (QED) is 0.487. The van der Waals surface area contributed by atoms with Gasteiger partial charge in [-0.1, -0.05) is 12.7 Å². The zero-order valence-corrected chi connectivity index (χ0v) is 12.7. The number of hydrogen-bond donors (Lipinski definition) is 5. The molecule has 0 saturated carbocycles. The SMILES string of the molecule is C=Cc1cc(=O)oc2cc(NC3NOC(CO)[C@H](O)C3O)ccc12. The lowest BCUT2D eigenvalue weighted by atomic mass is 10.0. The fourth-order valence-electron chi connectivity index (χ4n) is 2.60. The summed E-state index contributed by atoms with van der Waals surface area (Å²) in [6.45, 7) is 3.24. The Labute approximate surface area is 136 Å². The van der Waals surface area contributed by atoms with Gasteiger partial charge in [-0.3, -0.25) is 4.84 Å². The number of benzene rings is 1. The molecule has 0 aliphatic carbocycles. The molecule has 1 aromatic heterocycles. The Kier molecular flexibility index (Phi) is 4.65. The summed E-state index contributed by atoms with van der Waals surface area (Å²) in [5, 5.41) is 32.7. The molecule has 24 heavy (non-hydrogen) atoms. The molecule has 5 N–H and O–H groups in total. The van der Waals surface area contributed by atoms with E-state index in [1.807, 2.05) is 0 Å². The molecule has 8 nitrogen and oxygen atoms in total. The van der Waals surface area contributed by atoms with E-state index in [0.717, 1.165) is 5.39 Å². The third-order valence-electron chi connectivity index (χ3n) is 3.92. The van der Waals surface area contributed by atoms with Crippen LogP contribution in [0.3, 0.4) is 0 Å². The summed E-state index contributed by atoms with van der Waals surface area (Å²) in [6.07, 6.45) is -2.62. The highest BCUT2D eigenvalue weighted by molar-refractivity contribution is 5.88. The monoisotopic (exact) mass is 334 g/mol. The van der Waals surface area contributed by atoms with Gasteiger partial charge in [0.25, 0.3) is 0 Å². The maximum absolute atomic E-state index is 11.6. The van der Waals surface area contributed by atoms with Crippen LogP contribution < -0.4 is 16.4 Å². The van der Waals surface area contributed by atoms with E-state index in [1.165, 1.54) is 6.07 Å². The van der Waals surface area contributed by atoms with Crippen LogP contribution in [0.1, 0.15) is 5.56 Å². The first-order valence-electron chi connectivity index (χ1n) is 7.38. The standard InChI is InChI=1S/C16H18N2O6/c1-2-8-5-13(20)23-11-6-9(3-4-10(8)11)17-16-15(22)14(21)12(7-19)24-18-16/h2-6,12,14-19,21-22H,1,7H2/t12?,14-,15?,16?/m0/s1. The topological polar surface area (TPSA) is 124 Å². The smallest absolute Gasteiger partial charge is 0.336 e. The highest BCUT2D eigenvalue weighted by Gasteiger charge is 2.38. The Bertz CT molecular complexity index is 805. The maximum atomic E-state index is 11.6. The average Bonchev–Trinajstić information content (AvgIpc) is 2.58. The molecule has 1 saturated heterocycles. The lowest BCUT2D eigenvalue weighted by Gasteiger charge is -2.37. The molecule has 0 spiro atoms. The van der Waals surface area contributed by atoms with E-state index in [-0.39, 0.29) is 0 Å². The van der Waals surface area contributed by atoms with Crippen molar-refractivity contribution in [3.63, 3.8) is 0 Å². The lowest BCUT2D eigenvalue weighted by molar-refractivity contribution is -0.197. The van der Waals surface area contributed by atoms with Crippen molar-refractivity contribution in [2.24, 2.45) is 0 Å². The molecule has 128 valence electrons. The number of fused-ring (bicyclic) bond motifs is 1. The van der Waals surface area contributed by atoms with Gasteiger partial charge >= 0.3 is 5.63 Å². The normalized spacial score (nSPS) is 27.1. The van der Waals surface area contributed by atoms with Crippen LogP contribution in [-0.4, -0.2) is 46.4 Å². The van der Waals surface area contributed by atoms with E-state index in [9.17, 15) is 15.0 Å². The van der Waals surface area contributed by atoms with Crippen molar-refractivity contribution in [1.29, 1.82) is 0 Å². The van der Waals surface area contributed by atoms with Gasteiger partial charge in [-0.2, -0.15) is 5.48 Å². The molecule has 0 radical (unpaired) electrons. The van der Waals surface area contributed by atoms with Crippen molar-refractivity contribution < 1.29 is 24.6 Å². The summed E-state index contributed by atoms with van der Waals surface area (Å²) < 4.78 is 5.18. The van der Waals surface area contributed by atoms with Crippen LogP contribution in [0.5, 0.6) is 0 Å². The number of hydrogen-bond acceptors (Lipinski definition) is 8. The molecule has 3 rings (SSSR count). The van der Waals surface area contributed by atoms with Crippen molar-refractivity contribution in [2.45, 2.75) is 24.5 Å². The van der Waals surface area contributed by atoms with Crippen molar-refractivity contribution in [2.75, 3.05) is 11.9 Å². The zero-order chi connectivity index (χ0) is 17.3. The molecule has 0 amide bonds. The van der Waals surface area contributed by atoms with Gasteiger partial charge in [0, 0.05) is 23.2 Å². The van der Waals surface area contributed by atoms with E-state index in [1.54, 1.807) is 24.3 Å². The molecule has 8 heteroatoms. The predicted octanol–water partition coefficient (Wildman–Crippen LogP) is -0.209. The zero-order valence-electron chi connectivity index (χ0n) is 12.7. The molecule has 1 aliphatic rings. The number of nitrogens with one attached hydrogen (secondary N) is 2. The molecule has 2 heterocycles. The van der Waals surface area contributed by atoms with Crippen LogP contribution in [0.25, 0.3) is 17.0 Å². The lowest BCUT2D eigenvalue weighted by Crippen LogP contribution is -2.62. The number of hydroxylamine groups is 1.